The van der Waals surface area contributed by atoms with E-state index < -0.39 is 0 Å². The number of aliphatic hydroxyl groups excluding tert-OH is 1. The standard InChI is InChI=1S/C17H25NO2S/c1-13(19)11-16-9-6-10-18(16)17(20)14(2)21-12-15-7-4-3-5-8-15/h3-5,7-8,13-14,16,19H,6,9-12H2,1-2H3/t13-,14-,16+/m0/s1. The molecule has 1 aliphatic rings. The van der Waals surface area contributed by atoms with E-state index >= 15 is 0 Å². The maximum atomic E-state index is 12.6. The normalized spacial score (nSPS) is 21.3. The van der Waals surface area contributed by atoms with Crippen LogP contribution in [0.1, 0.15) is 38.7 Å². The Morgan fingerprint density at radius 2 is 2.10 bits per heavy atom. The molecule has 1 aliphatic heterocycles. The maximum absolute atomic E-state index is 12.6. The molecule has 1 aromatic carbocycles. The molecular weight excluding hydrogens is 282 g/mol. The molecule has 0 saturated carbocycles. The maximum Gasteiger partial charge on any atom is 0.235 e. The fourth-order valence-electron chi connectivity index (χ4n) is 2.86. The Hall–Kier alpha value is -1.00. The van der Waals surface area contributed by atoms with Crippen molar-refractivity contribution in [2.24, 2.45) is 0 Å². The number of rotatable bonds is 6. The molecule has 1 aromatic rings. The summed E-state index contributed by atoms with van der Waals surface area (Å²) in [5, 5.41) is 9.53. The monoisotopic (exact) mass is 307 g/mol. The molecular formula is C17H25NO2S. The van der Waals surface area contributed by atoms with E-state index in [0.717, 1.165) is 25.1 Å². The zero-order valence-electron chi connectivity index (χ0n) is 12.9. The van der Waals surface area contributed by atoms with Gasteiger partial charge < -0.3 is 10.0 Å². The zero-order valence-corrected chi connectivity index (χ0v) is 13.7. The quantitative estimate of drug-likeness (QED) is 0.878. The summed E-state index contributed by atoms with van der Waals surface area (Å²) in [7, 11) is 0. The average Bonchev–Trinajstić information content (AvgIpc) is 2.92. The lowest BCUT2D eigenvalue weighted by Crippen LogP contribution is -2.41. The second-order valence-electron chi connectivity index (χ2n) is 5.85. The summed E-state index contributed by atoms with van der Waals surface area (Å²) >= 11 is 1.69. The molecule has 1 N–H and O–H groups in total. The SMILES string of the molecule is C[C@H](O)C[C@H]1CCCN1C(=O)[C@H](C)SCc1ccccc1. The van der Waals surface area contributed by atoms with Crippen molar-refractivity contribution in [2.75, 3.05) is 6.54 Å². The Kier molecular flexibility index (Phi) is 6.12. The van der Waals surface area contributed by atoms with Gasteiger partial charge in [0, 0.05) is 18.3 Å². The molecule has 0 bridgehead atoms. The topological polar surface area (TPSA) is 40.5 Å². The van der Waals surface area contributed by atoms with Crippen molar-refractivity contribution in [2.45, 2.75) is 56.3 Å². The highest BCUT2D eigenvalue weighted by molar-refractivity contribution is 7.99. The van der Waals surface area contributed by atoms with Gasteiger partial charge in [0.05, 0.1) is 11.4 Å². The fraction of sp³-hybridized carbons (Fsp3) is 0.588. The molecule has 1 heterocycles. The van der Waals surface area contributed by atoms with Crippen molar-refractivity contribution in [3.05, 3.63) is 35.9 Å². The van der Waals surface area contributed by atoms with Crippen molar-refractivity contribution in [3.8, 4) is 0 Å². The van der Waals surface area contributed by atoms with E-state index in [9.17, 15) is 9.90 Å². The van der Waals surface area contributed by atoms with Crippen LogP contribution in [0.2, 0.25) is 0 Å². The van der Waals surface area contributed by atoms with Crippen LogP contribution in [0.25, 0.3) is 0 Å². The Balaban J connectivity index is 1.86. The highest BCUT2D eigenvalue weighted by Crippen LogP contribution is 2.26. The van der Waals surface area contributed by atoms with Gasteiger partial charge in [0.25, 0.3) is 0 Å². The first-order chi connectivity index (χ1) is 10.1. The lowest BCUT2D eigenvalue weighted by molar-refractivity contribution is -0.131. The number of likely N-dealkylation sites (tertiary alicyclic amines) is 1. The number of carbonyl (C=O) groups excluding carboxylic acids is 1. The van der Waals surface area contributed by atoms with Gasteiger partial charge in [0.1, 0.15) is 0 Å². The number of hydrogen-bond acceptors (Lipinski definition) is 3. The van der Waals surface area contributed by atoms with Crippen LogP contribution in [-0.4, -0.2) is 39.9 Å². The fourth-order valence-corrected chi connectivity index (χ4v) is 3.78. The minimum atomic E-state index is -0.337. The van der Waals surface area contributed by atoms with Crippen LogP contribution in [0.3, 0.4) is 0 Å². The van der Waals surface area contributed by atoms with Gasteiger partial charge in [-0.05, 0) is 38.7 Å². The molecule has 2 rings (SSSR count). The summed E-state index contributed by atoms with van der Waals surface area (Å²) < 4.78 is 0. The average molecular weight is 307 g/mol. The number of carbonyl (C=O) groups is 1. The lowest BCUT2D eigenvalue weighted by Gasteiger charge is -2.28. The van der Waals surface area contributed by atoms with Crippen molar-refractivity contribution in [1.82, 2.24) is 4.90 Å². The number of nitrogens with zero attached hydrogens (tertiary/aromatic N) is 1. The Morgan fingerprint density at radius 1 is 1.38 bits per heavy atom. The number of thioether (sulfide) groups is 1. The summed E-state index contributed by atoms with van der Waals surface area (Å²) in [6.07, 6.45) is 2.43. The van der Waals surface area contributed by atoms with Crippen LogP contribution in [0.15, 0.2) is 30.3 Å². The molecule has 1 saturated heterocycles. The predicted molar refractivity (Wildman–Crippen MR) is 88.2 cm³/mol. The third kappa shape index (κ3) is 4.75. The Morgan fingerprint density at radius 3 is 2.76 bits per heavy atom. The van der Waals surface area contributed by atoms with Gasteiger partial charge in [-0.3, -0.25) is 4.79 Å². The third-order valence-electron chi connectivity index (χ3n) is 3.96. The second-order valence-corrected chi connectivity index (χ2v) is 7.18. The molecule has 0 radical (unpaired) electrons. The van der Waals surface area contributed by atoms with E-state index in [1.165, 1.54) is 5.56 Å². The molecule has 3 atom stereocenters. The van der Waals surface area contributed by atoms with E-state index in [1.807, 2.05) is 30.0 Å². The van der Waals surface area contributed by atoms with Gasteiger partial charge in [-0.2, -0.15) is 0 Å². The summed E-state index contributed by atoms with van der Waals surface area (Å²) in [4.78, 5) is 14.6. The van der Waals surface area contributed by atoms with Gasteiger partial charge in [-0.15, -0.1) is 11.8 Å². The number of hydrogen-bond donors (Lipinski definition) is 1. The van der Waals surface area contributed by atoms with Crippen molar-refractivity contribution < 1.29 is 9.90 Å². The summed E-state index contributed by atoms with van der Waals surface area (Å²) in [6.45, 7) is 4.63. The molecule has 0 spiro atoms. The lowest BCUT2D eigenvalue weighted by atomic mass is 10.1. The van der Waals surface area contributed by atoms with E-state index in [1.54, 1.807) is 18.7 Å². The predicted octanol–water partition coefficient (Wildman–Crippen LogP) is 3.07. The van der Waals surface area contributed by atoms with Gasteiger partial charge >= 0.3 is 0 Å². The van der Waals surface area contributed by atoms with Gasteiger partial charge in [0.2, 0.25) is 5.91 Å². The molecule has 4 heteroatoms. The molecule has 116 valence electrons. The van der Waals surface area contributed by atoms with E-state index in [4.69, 9.17) is 0 Å². The van der Waals surface area contributed by atoms with Crippen molar-refractivity contribution >= 4 is 17.7 Å². The summed E-state index contributed by atoms with van der Waals surface area (Å²) in [5.74, 6) is 1.09. The number of benzene rings is 1. The van der Waals surface area contributed by atoms with Gasteiger partial charge in [-0.1, -0.05) is 30.3 Å². The molecule has 1 amide bonds. The highest BCUT2D eigenvalue weighted by atomic mass is 32.2. The zero-order chi connectivity index (χ0) is 15.2. The molecule has 0 unspecified atom stereocenters. The second kappa shape index (κ2) is 7.85. The largest absolute Gasteiger partial charge is 0.393 e. The van der Waals surface area contributed by atoms with Gasteiger partial charge in [0.15, 0.2) is 0 Å². The first-order valence-corrected chi connectivity index (χ1v) is 8.77. The summed E-state index contributed by atoms with van der Waals surface area (Å²) in [6, 6.07) is 10.5. The van der Waals surface area contributed by atoms with Crippen LogP contribution in [0.4, 0.5) is 0 Å². The third-order valence-corrected chi connectivity index (χ3v) is 5.17. The van der Waals surface area contributed by atoms with Crippen LogP contribution in [0.5, 0.6) is 0 Å². The van der Waals surface area contributed by atoms with Crippen LogP contribution in [0, 0.1) is 0 Å². The van der Waals surface area contributed by atoms with Crippen LogP contribution in [-0.2, 0) is 10.5 Å². The Bertz CT molecular complexity index is 449. The first kappa shape index (κ1) is 16.4. The smallest absolute Gasteiger partial charge is 0.235 e. The molecule has 21 heavy (non-hydrogen) atoms. The number of amides is 1. The first-order valence-electron chi connectivity index (χ1n) is 7.72. The van der Waals surface area contributed by atoms with E-state index in [2.05, 4.69) is 12.1 Å². The number of aliphatic hydroxyl groups is 1. The minimum Gasteiger partial charge on any atom is -0.393 e. The molecule has 3 nitrogen and oxygen atoms in total. The minimum absolute atomic E-state index is 0.0280. The highest BCUT2D eigenvalue weighted by Gasteiger charge is 2.31. The van der Waals surface area contributed by atoms with E-state index in [-0.39, 0.29) is 23.3 Å². The van der Waals surface area contributed by atoms with Crippen molar-refractivity contribution in [3.63, 3.8) is 0 Å². The van der Waals surface area contributed by atoms with E-state index in [0.29, 0.717) is 6.42 Å². The van der Waals surface area contributed by atoms with Crippen LogP contribution < -0.4 is 0 Å². The molecule has 0 aromatic heterocycles. The van der Waals surface area contributed by atoms with Gasteiger partial charge in [-0.25, -0.2) is 0 Å². The molecule has 1 fully saturated rings. The van der Waals surface area contributed by atoms with Crippen molar-refractivity contribution in [1.29, 1.82) is 0 Å². The van der Waals surface area contributed by atoms with Crippen LogP contribution >= 0.6 is 11.8 Å². The summed E-state index contributed by atoms with van der Waals surface area (Å²) in [5.41, 5.74) is 1.25. The molecule has 0 aliphatic carbocycles. The Labute approximate surface area is 131 Å².